The maximum absolute atomic E-state index is 14.0. The van der Waals surface area contributed by atoms with Crippen LogP contribution in [0.2, 0.25) is 0 Å². The molecular weight excluding hydrogens is 295 g/mol. The molecule has 0 spiro atoms. The van der Waals surface area contributed by atoms with Crippen molar-refractivity contribution in [1.82, 2.24) is 20.1 Å². The quantitative estimate of drug-likeness (QED) is 0.867. The number of aromatic nitrogens is 3. The number of rotatable bonds is 4. The van der Waals surface area contributed by atoms with Crippen molar-refractivity contribution in [3.05, 3.63) is 23.0 Å². The third kappa shape index (κ3) is 3.16. The number of hydrogen-bond donors (Lipinski definition) is 1. The van der Waals surface area contributed by atoms with E-state index in [1.165, 1.54) is 12.8 Å². The van der Waals surface area contributed by atoms with Crippen molar-refractivity contribution in [2.45, 2.75) is 52.4 Å². The molecule has 2 fully saturated rings. The second kappa shape index (κ2) is 6.06. The van der Waals surface area contributed by atoms with Crippen molar-refractivity contribution in [1.29, 1.82) is 0 Å². The molecule has 1 aromatic rings. The zero-order valence-corrected chi connectivity index (χ0v) is 14.3. The third-order valence-electron chi connectivity index (χ3n) is 4.89. The molecule has 1 saturated heterocycles. The van der Waals surface area contributed by atoms with Gasteiger partial charge in [0.05, 0.1) is 0 Å². The van der Waals surface area contributed by atoms with Gasteiger partial charge in [-0.15, -0.1) is 0 Å². The van der Waals surface area contributed by atoms with E-state index in [2.05, 4.69) is 29.0 Å². The highest BCUT2D eigenvalue weighted by molar-refractivity contribution is 5.92. The summed E-state index contributed by atoms with van der Waals surface area (Å²) in [5.74, 6) is 1.92. The van der Waals surface area contributed by atoms with Gasteiger partial charge in [0.1, 0.15) is 5.82 Å². The van der Waals surface area contributed by atoms with Gasteiger partial charge in [-0.25, -0.2) is 9.37 Å². The first-order valence-electron chi connectivity index (χ1n) is 8.43. The molecule has 6 heteroatoms. The van der Waals surface area contributed by atoms with Crippen LogP contribution < -0.4 is 0 Å². The zero-order chi connectivity index (χ0) is 16.7. The molecule has 1 aliphatic heterocycles. The molecule has 0 aromatic carbocycles. The van der Waals surface area contributed by atoms with Crippen LogP contribution in [0.4, 0.5) is 4.39 Å². The maximum atomic E-state index is 14.0. The van der Waals surface area contributed by atoms with E-state index in [9.17, 15) is 9.18 Å². The summed E-state index contributed by atoms with van der Waals surface area (Å²) in [6.45, 7) is 8.51. The summed E-state index contributed by atoms with van der Waals surface area (Å²) in [5, 5.41) is 7.33. The van der Waals surface area contributed by atoms with E-state index in [1.54, 1.807) is 18.7 Å². The number of carbonyl (C=O) groups is 1. The van der Waals surface area contributed by atoms with Gasteiger partial charge in [-0.2, -0.15) is 5.10 Å². The molecule has 0 unspecified atom stereocenters. The number of hydrogen-bond acceptors (Lipinski definition) is 3. The number of nitrogens with one attached hydrogen (secondary N) is 1. The maximum Gasteiger partial charge on any atom is 0.282 e. The van der Waals surface area contributed by atoms with Gasteiger partial charge in [0, 0.05) is 24.9 Å². The first-order valence-corrected chi connectivity index (χ1v) is 8.43. The lowest BCUT2D eigenvalue weighted by molar-refractivity contribution is -0.127. The Kier molecular flexibility index (Phi) is 4.25. The smallest absolute Gasteiger partial charge is 0.282 e. The van der Waals surface area contributed by atoms with E-state index in [-0.39, 0.29) is 11.8 Å². The van der Waals surface area contributed by atoms with E-state index < -0.39 is 11.7 Å². The van der Waals surface area contributed by atoms with Crippen molar-refractivity contribution in [2.75, 3.05) is 13.1 Å². The first kappa shape index (κ1) is 16.1. The summed E-state index contributed by atoms with van der Waals surface area (Å²) in [5.41, 5.74) is 0.434. The van der Waals surface area contributed by atoms with Gasteiger partial charge in [0.25, 0.3) is 5.91 Å². The van der Waals surface area contributed by atoms with Gasteiger partial charge in [0.15, 0.2) is 11.7 Å². The Hall–Kier alpha value is -1.72. The van der Waals surface area contributed by atoms with Crippen LogP contribution in [0, 0.1) is 11.8 Å². The second-order valence-corrected chi connectivity index (χ2v) is 7.37. The summed E-state index contributed by atoms with van der Waals surface area (Å²) in [4.78, 5) is 18.6. The predicted molar refractivity (Wildman–Crippen MR) is 85.5 cm³/mol. The van der Waals surface area contributed by atoms with Crippen LogP contribution in [0.25, 0.3) is 0 Å². The molecule has 1 saturated carbocycles. The third-order valence-corrected chi connectivity index (χ3v) is 4.89. The molecule has 0 radical (unpaired) electrons. The molecule has 23 heavy (non-hydrogen) atoms. The monoisotopic (exact) mass is 320 g/mol. The largest absolute Gasteiger partial charge is 0.336 e. The number of aromatic amines is 1. The summed E-state index contributed by atoms with van der Waals surface area (Å²) >= 11 is 0. The number of halogens is 1. The molecular formula is C17H25FN4O. The summed E-state index contributed by atoms with van der Waals surface area (Å²) in [6, 6.07) is 0. The van der Waals surface area contributed by atoms with Crippen LogP contribution in [0.5, 0.6) is 0 Å². The minimum Gasteiger partial charge on any atom is -0.336 e. The van der Waals surface area contributed by atoms with Crippen LogP contribution >= 0.6 is 0 Å². The highest BCUT2D eigenvalue weighted by Gasteiger charge is 2.46. The van der Waals surface area contributed by atoms with Crippen molar-refractivity contribution in [2.24, 2.45) is 11.8 Å². The molecule has 2 aliphatic rings. The van der Waals surface area contributed by atoms with E-state index in [0.717, 1.165) is 11.6 Å². The number of carbonyl (C=O) groups excluding carboxylic acids is 1. The second-order valence-electron chi connectivity index (χ2n) is 7.37. The summed E-state index contributed by atoms with van der Waals surface area (Å²) in [6.07, 6.45) is 2.39. The van der Waals surface area contributed by atoms with Crippen molar-refractivity contribution < 1.29 is 9.18 Å². The van der Waals surface area contributed by atoms with E-state index in [4.69, 9.17) is 0 Å². The highest BCUT2D eigenvalue weighted by Crippen LogP contribution is 2.47. The topological polar surface area (TPSA) is 61.9 Å². The number of likely N-dealkylation sites (tertiary alicyclic amines) is 1. The molecule has 126 valence electrons. The van der Waals surface area contributed by atoms with E-state index >= 15 is 0 Å². The number of amides is 1. The molecule has 1 N–H and O–H groups in total. The minimum absolute atomic E-state index is 0.136. The number of H-pyrrole nitrogens is 1. The fourth-order valence-electron chi connectivity index (χ4n) is 3.35. The molecule has 0 bridgehead atoms. The molecule has 1 amide bonds. The molecule has 1 aliphatic carbocycles. The Labute approximate surface area is 136 Å². The van der Waals surface area contributed by atoms with Gasteiger partial charge in [-0.05, 0) is 44.1 Å². The lowest BCUT2D eigenvalue weighted by Gasteiger charge is -2.15. The van der Waals surface area contributed by atoms with Gasteiger partial charge in [-0.3, -0.25) is 9.89 Å². The fraction of sp³-hybridized carbons (Fsp3) is 0.706. The molecule has 3 rings (SSSR count). The standard InChI is InChI=1S/C17H25FN4O/c1-9(2)14(18)17(23)22-7-12(11-5-6-11)13(8-22)16-19-15(10(3)4)20-21-16/h10-13H,5-8H2,1-4H3,(H,19,20,21)/t12-,13+/m1/s1. The Morgan fingerprint density at radius 1 is 1.30 bits per heavy atom. The normalized spacial score (nSPS) is 24.3. The lowest BCUT2D eigenvalue weighted by atomic mass is 9.91. The Bertz CT molecular complexity index is 628. The Morgan fingerprint density at radius 2 is 2.00 bits per heavy atom. The summed E-state index contributed by atoms with van der Waals surface area (Å²) < 4.78 is 14.0. The average molecular weight is 320 g/mol. The van der Waals surface area contributed by atoms with Crippen LogP contribution in [-0.2, 0) is 4.79 Å². The van der Waals surface area contributed by atoms with Gasteiger partial charge in [-0.1, -0.05) is 13.8 Å². The van der Waals surface area contributed by atoms with Crippen LogP contribution in [-0.4, -0.2) is 39.1 Å². The van der Waals surface area contributed by atoms with Gasteiger partial charge in [0.2, 0.25) is 0 Å². The van der Waals surface area contributed by atoms with Crippen molar-refractivity contribution in [3.63, 3.8) is 0 Å². The Morgan fingerprint density at radius 3 is 2.52 bits per heavy atom. The minimum atomic E-state index is -0.624. The molecule has 2 heterocycles. The molecule has 2 atom stereocenters. The highest BCUT2D eigenvalue weighted by atomic mass is 19.1. The van der Waals surface area contributed by atoms with Crippen LogP contribution in [0.3, 0.4) is 0 Å². The van der Waals surface area contributed by atoms with Crippen molar-refractivity contribution in [3.8, 4) is 0 Å². The van der Waals surface area contributed by atoms with Gasteiger partial charge >= 0.3 is 0 Å². The molecule has 1 aromatic heterocycles. The fourth-order valence-corrected chi connectivity index (χ4v) is 3.35. The van der Waals surface area contributed by atoms with Crippen LogP contribution in [0.1, 0.15) is 64.0 Å². The Balaban J connectivity index is 1.81. The van der Waals surface area contributed by atoms with Crippen LogP contribution in [0.15, 0.2) is 11.4 Å². The predicted octanol–water partition coefficient (Wildman–Crippen LogP) is 3.14. The first-order chi connectivity index (χ1) is 10.9. The number of nitrogens with zero attached hydrogens (tertiary/aromatic N) is 3. The van der Waals surface area contributed by atoms with Crippen molar-refractivity contribution >= 4 is 5.91 Å². The zero-order valence-electron chi connectivity index (χ0n) is 14.3. The SMILES string of the molecule is CC(C)=C(F)C(=O)N1C[C@H](c2nc(C(C)C)n[nH]2)[C@@H](C2CC2)C1. The number of allylic oxidation sites excluding steroid dienone is 1. The van der Waals surface area contributed by atoms with E-state index in [0.29, 0.717) is 30.5 Å². The summed E-state index contributed by atoms with van der Waals surface area (Å²) in [7, 11) is 0. The lowest BCUT2D eigenvalue weighted by Crippen LogP contribution is -2.29. The van der Waals surface area contributed by atoms with Gasteiger partial charge < -0.3 is 4.90 Å². The average Bonchev–Trinajstić information content (AvgIpc) is 3.07. The van der Waals surface area contributed by atoms with E-state index in [1.807, 2.05) is 0 Å². The molecule has 5 nitrogen and oxygen atoms in total.